The van der Waals surface area contributed by atoms with E-state index in [0.717, 1.165) is 0 Å². The van der Waals surface area contributed by atoms with E-state index >= 15 is 0 Å². The molecule has 1 amide bonds. The van der Waals surface area contributed by atoms with Crippen LogP contribution in [-0.4, -0.2) is 28.1 Å². The Morgan fingerprint density at radius 2 is 2.00 bits per heavy atom. The van der Waals surface area contributed by atoms with E-state index in [1.807, 2.05) is 6.92 Å². The molecule has 8 heteroatoms. The van der Waals surface area contributed by atoms with Crippen molar-refractivity contribution in [3.05, 3.63) is 38.7 Å². The van der Waals surface area contributed by atoms with Crippen molar-refractivity contribution in [2.75, 3.05) is 0 Å². The molecule has 2 aromatic rings. The Balaban J connectivity index is 2.35. The number of phenolic OH excluding ortho intramolecular Hbond substituents is 1. The maximum absolute atomic E-state index is 12.3. The van der Waals surface area contributed by atoms with E-state index in [0.29, 0.717) is 17.4 Å². The van der Waals surface area contributed by atoms with Crippen molar-refractivity contribution in [3.8, 4) is 5.75 Å². The largest absolute Gasteiger partial charge is 0.506 e. The summed E-state index contributed by atoms with van der Waals surface area (Å²) in [6.07, 6.45) is 0.263. The lowest BCUT2D eigenvalue weighted by Crippen LogP contribution is -2.45. The zero-order valence-corrected chi connectivity index (χ0v) is 15.4. The zero-order valence-electron chi connectivity index (χ0n) is 14.6. The molecule has 1 aromatic heterocycles. The number of rotatable bonds is 6. The minimum atomic E-state index is -1.13. The first-order valence-corrected chi connectivity index (χ1v) is 8.50. The quantitative estimate of drug-likeness (QED) is 0.662. The van der Waals surface area contributed by atoms with Crippen molar-refractivity contribution in [1.82, 2.24) is 5.32 Å². The molecule has 140 valence electrons. The Labute approximate surface area is 154 Å². The number of hydrogen-bond acceptors (Lipinski definition) is 5. The predicted octanol–water partition coefficient (Wildman–Crippen LogP) is 2.62. The fourth-order valence-electron chi connectivity index (χ4n) is 2.67. The highest BCUT2D eigenvalue weighted by atomic mass is 35.5. The van der Waals surface area contributed by atoms with Crippen molar-refractivity contribution in [2.45, 2.75) is 39.7 Å². The van der Waals surface area contributed by atoms with Crippen molar-refractivity contribution < 1.29 is 24.2 Å². The van der Waals surface area contributed by atoms with E-state index in [1.165, 1.54) is 12.1 Å². The molecule has 0 fully saturated rings. The summed E-state index contributed by atoms with van der Waals surface area (Å²) in [6.45, 7) is 5.19. The summed E-state index contributed by atoms with van der Waals surface area (Å²) < 4.78 is 5.16. The smallest absolute Gasteiger partial charge is 0.340 e. The maximum atomic E-state index is 12.3. The minimum absolute atomic E-state index is 0.0903. The maximum Gasteiger partial charge on any atom is 0.340 e. The predicted molar refractivity (Wildman–Crippen MR) is 96.6 cm³/mol. The Morgan fingerprint density at radius 1 is 1.35 bits per heavy atom. The summed E-state index contributed by atoms with van der Waals surface area (Å²) in [4.78, 5) is 35.8. The van der Waals surface area contributed by atoms with E-state index in [4.69, 9.17) is 16.0 Å². The van der Waals surface area contributed by atoms with Crippen molar-refractivity contribution >= 4 is 34.4 Å². The van der Waals surface area contributed by atoms with Crippen LogP contribution in [0, 0.1) is 12.8 Å². The summed E-state index contributed by atoms with van der Waals surface area (Å²) in [5.74, 6) is -2.19. The van der Waals surface area contributed by atoms with Gasteiger partial charge in [0, 0.05) is 11.5 Å². The molecule has 3 N–H and O–H groups in total. The number of halogens is 1. The fourth-order valence-corrected chi connectivity index (χ4v) is 2.83. The number of nitrogens with one attached hydrogen (secondary N) is 1. The van der Waals surface area contributed by atoms with Crippen LogP contribution < -0.4 is 10.9 Å². The van der Waals surface area contributed by atoms with Crippen molar-refractivity contribution in [3.63, 3.8) is 0 Å². The van der Waals surface area contributed by atoms with Gasteiger partial charge in [0.05, 0.1) is 17.0 Å². The lowest BCUT2D eigenvalue weighted by molar-refractivity contribution is -0.143. The summed E-state index contributed by atoms with van der Waals surface area (Å²) in [5, 5.41) is 21.9. The van der Waals surface area contributed by atoms with Gasteiger partial charge >= 0.3 is 11.6 Å². The average Bonchev–Trinajstić information content (AvgIpc) is 2.57. The highest BCUT2D eigenvalue weighted by molar-refractivity contribution is 6.32. The molecule has 0 bridgehead atoms. The minimum Gasteiger partial charge on any atom is -0.506 e. The summed E-state index contributed by atoms with van der Waals surface area (Å²) in [7, 11) is 0. The van der Waals surface area contributed by atoms with Gasteiger partial charge in [-0.1, -0.05) is 31.9 Å². The number of carbonyl (C=O) groups is 2. The summed E-state index contributed by atoms with van der Waals surface area (Å²) >= 11 is 5.90. The lowest BCUT2D eigenvalue weighted by Gasteiger charge is -2.20. The molecule has 0 spiro atoms. The number of phenols is 1. The van der Waals surface area contributed by atoms with Gasteiger partial charge in [-0.3, -0.25) is 4.79 Å². The first-order chi connectivity index (χ1) is 12.1. The van der Waals surface area contributed by atoms with E-state index < -0.39 is 23.5 Å². The standard InChI is InChI=1S/C18H20ClNO6/c1-4-8(2)16(17(23)24)20-15(22)6-11-9(3)10-5-12(19)13(21)7-14(10)26-18(11)25/h5,7-8,16,21H,4,6H2,1-3H3,(H,20,22)(H,23,24). The third kappa shape index (κ3) is 3.99. The SMILES string of the molecule is CCC(C)C(NC(=O)Cc1c(C)c2cc(Cl)c(O)cc2oc1=O)C(=O)O. The number of fused-ring (bicyclic) bond motifs is 1. The van der Waals surface area contributed by atoms with Crippen LogP contribution >= 0.6 is 11.6 Å². The molecular formula is C18H20ClNO6. The summed E-state index contributed by atoms with van der Waals surface area (Å²) in [6, 6.07) is 1.65. The molecule has 0 aliphatic rings. The number of amides is 1. The van der Waals surface area contributed by atoms with Gasteiger partial charge in [-0.2, -0.15) is 0 Å². The van der Waals surface area contributed by atoms with Gasteiger partial charge in [-0.25, -0.2) is 9.59 Å². The molecule has 0 radical (unpaired) electrons. The van der Waals surface area contributed by atoms with Gasteiger partial charge in [0.15, 0.2) is 0 Å². The zero-order chi connectivity index (χ0) is 19.6. The van der Waals surface area contributed by atoms with Crippen molar-refractivity contribution in [2.24, 2.45) is 5.92 Å². The number of carboxylic acid groups (broad SMARTS) is 1. The second-order valence-electron chi connectivity index (χ2n) is 6.24. The first-order valence-electron chi connectivity index (χ1n) is 8.12. The van der Waals surface area contributed by atoms with Crippen LogP contribution in [0.1, 0.15) is 31.4 Å². The van der Waals surface area contributed by atoms with Crippen LogP contribution in [0.15, 0.2) is 21.3 Å². The fraction of sp³-hybridized carbons (Fsp3) is 0.389. The Kier molecular flexibility index (Phi) is 5.92. The van der Waals surface area contributed by atoms with E-state index in [-0.39, 0.29) is 34.3 Å². The number of hydrogen-bond donors (Lipinski definition) is 3. The third-order valence-electron chi connectivity index (χ3n) is 4.49. The number of aromatic hydroxyl groups is 1. The number of carboxylic acids is 1. The molecular weight excluding hydrogens is 362 g/mol. The van der Waals surface area contributed by atoms with Gasteiger partial charge in [0.1, 0.15) is 17.4 Å². The molecule has 2 unspecified atom stereocenters. The molecule has 0 saturated carbocycles. The highest BCUT2D eigenvalue weighted by Crippen LogP contribution is 2.30. The van der Waals surface area contributed by atoms with Crippen LogP contribution in [0.4, 0.5) is 0 Å². The normalized spacial score (nSPS) is 13.4. The van der Waals surface area contributed by atoms with Gasteiger partial charge in [-0.05, 0) is 24.5 Å². The summed E-state index contributed by atoms with van der Waals surface area (Å²) in [5.41, 5.74) is 0.0395. The van der Waals surface area contributed by atoms with Crippen LogP contribution in [0.25, 0.3) is 11.0 Å². The van der Waals surface area contributed by atoms with Crippen molar-refractivity contribution in [1.29, 1.82) is 0 Å². The second-order valence-corrected chi connectivity index (χ2v) is 6.65. The van der Waals surface area contributed by atoms with Crippen LogP contribution in [0.2, 0.25) is 5.02 Å². The van der Waals surface area contributed by atoms with Crippen LogP contribution in [-0.2, 0) is 16.0 Å². The van der Waals surface area contributed by atoms with Gasteiger partial charge in [0.25, 0.3) is 0 Å². The van der Waals surface area contributed by atoms with Gasteiger partial charge in [-0.15, -0.1) is 0 Å². The third-order valence-corrected chi connectivity index (χ3v) is 4.79. The average molecular weight is 382 g/mol. The van der Waals surface area contributed by atoms with E-state index in [9.17, 15) is 24.6 Å². The lowest BCUT2D eigenvalue weighted by atomic mass is 9.98. The van der Waals surface area contributed by atoms with Crippen LogP contribution in [0.3, 0.4) is 0 Å². The van der Waals surface area contributed by atoms with E-state index in [1.54, 1.807) is 13.8 Å². The Hall–Kier alpha value is -2.54. The monoisotopic (exact) mass is 381 g/mol. The molecule has 7 nitrogen and oxygen atoms in total. The molecule has 0 saturated heterocycles. The first kappa shape index (κ1) is 19.8. The molecule has 2 atom stereocenters. The second kappa shape index (κ2) is 7.78. The molecule has 1 aromatic carbocycles. The molecule has 0 aliphatic carbocycles. The van der Waals surface area contributed by atoms with E-state index in [2.05, 4.69) is 5.32 Å². The van der Waals surface area contributed by atoms with Gasteiger partial charge < -0.3 is 19.9 Å². The molecule has 1 heterocycles. The number of carbonyl (C=O) groups excluding carboxylic acids is 1. The molecule has 0 aliphatic heterocycles. The topological polar surface area (TPSA) is 117 Å². The number of aliphatic carboxylic acids is 1. The number of aryl methyl sites for hydroxylation is 1. The van der Waals surface area contributed by atoms with Gasteiger partial charge in [0.2, 0.25) is 5.91 Å². The number of benzene rings is 1. The Morgan fingerprint density at radius 3 is 2.58 bits per heavy atom. The Bertz CT molecular complexity index is 920. The highest BCUT2D eigenvalue weighted by Gasteiger charge is 2.26. The molecule has 26 heavy (non-hydrogen) atoms. The molecule has 2 rings (SSSR count). The van der Waals surface area contributed by atoms with Crippen LogP contribution in [0.5, 0.6) is 5.75 Å².